The van der Waals surface area contributed by atoms with Gasteiger partial charge in [-0.15, -0.1) is 17.9 Å². The monoisotopic (exact) mass is 349 g/mol. The summed E-state index contributed by atoms with van der Waals surface area (Å²) in [6, 6.07) is 0. The molecule has 1 amide bonds. The molecule has 1 aliphatic rings. The highest BCUT2D eigenvalue weighted by atomic mass is 32.1. The largest absolute Gasteiger partial charge is 0.356 e. The molecule has 7 heteroatoms. The summed E-state index contributed by atoms with van der Waals surface area (Å²) in [4.78, 5) is 23.7. The zero-order valence-electron chi connectivity index (χ0n) is 14.6. The van der Waals surface area contributed by atoms with E-state index in [1.165, 1.54) is 39.7 Å². The van der Waals surface area contributed by atoms with Crippen LogP contribution in [0.2, 0.25) is 0 Å². The summed E-state index contributed by atoms with van der Waals surface area (Å²) in [6.07, 6.45) is 7.49. The third kappa shape index (κ3) is 5.63. The lowest BCUT2D eigenvalue weighted by atomic mass is 10.0. The number of amides is 1. The molecule has 0 saturated carbocycles. The maximum Gasteiger partial charge on any atom is 0.243 e. The lowest BCUT2D eigenvalue weighted by Crippen LogP contribution is -2.39. The van der Waals surface area contributed by atoms with Gasteiger partial charge in [-0.1, -0.05) is 6.08 Å². The van der Waals surface area contributed by atoms with Gasteiger partial charge in [0.1, 0.15) is 6.54 Å². The fraction of sp³-hybridized carbons (Fsp3) is 0.588. The van der Waals surface area contributed by atoms with Gasteiger partial charge in [0, 0.05) is 38.5 Å². The number of aryl methyl sites for hydroxylation is 2. The highest BCUT2D eigenvalue weighted by Gasteiger charge is 2.14. The molecule has 2 rings (SSSR count). The molecule has 0 saturated heterocycles. The van der Waals surface area contributed by atoms with Gasteiger partial charge in [-0.2, -0.15) is 0 Å². The molecule has 0 aromatic carbocycles. The summed E-state index contributed by atoms with van der Waals surface area (Å²) in [7, 11) is 3.46. The average Bonchev–Trinajstić information content (AvgIpc) is 2.99. The number of nitrogens with zero attached hydrogens (tertiary/aromatic N) is 3. The number of hydrogen-bond acceptors (Lipinski definition) is 4. The summed E-state index contributed by atoms with van der Waals surface area (Å²) >= 11 is 1.84. The van der Waals surface area contributed by atoms with Gasteiger partial charge in [0.2, 0.25) is 5.91 Å². The standard InChI is InChI=1S/C17H27N5OS/c1-4-10-18-17(20-12-16(23)22(2)3)19-11-9-15-21-13-7-5-6-8-14(13)24-15/h4H,1,5-12H2,2-3H3,(H2,18,19,20). The van der Waals surface area contributed by atoms with Crippen LogP contribution in [0.25, 0.3) is 0 Å². The normalized spacial score (nSPS) is 14.0. The van der Waals surface area contributed by atoms with Gasteiger partial charge in [-0.25, -0.2) is 9.98 Å². The SMILES string of the molecule is C=CCNC(=NCC(=O)N(C)C)NCCc1nc2c(s1)CCCC2. The van der Waals surface area contributed by atoms with E-state index < -0.39 is 0 Å². The van der Waals surface area contributed by atoms with Gasteiger partial charge < -0.3 is 15.5 Å². The fourth-order valence-electron chi connectivity index (χ4n) is 2.43. The zero-order valence-corrected chi connectivity index (χ0v) is 15.4. The van der Waals surface area contributed by atoms with Crippen molar-refractivity contribution in [2.75, 3.05) is 33.7 Å². The predicted octanol–water partition coefficient (Wildman–Crippen LogP) is 1.37. The van der Waals surface area contributed by atoms with E-state index in [2.05, 4.69) is 22.2 Å². The highest BCUT2D eigenvalue weighted by molar-refractivity contribution is 7.11. The van der Waals surface area contributed by atoms with Crippen molar-refractivity contribution >= 4 is 23.2 Å². The van der Waals surface area contributed by atoms with Crippen LogP contribution in [0.1, 0.15) is 28.4 Å². The van der Waals surface area contributed by atoms with Crippen molar-refractivity contribution in [1.29, 1.82) is 0 Å². The van der Waals surface area contributed by atoms with Crippen molar-refractivity contribution in [3.8, 4) is 0 Å². The molecular formula is C17H27N5OS. The molecule has 0 atom stereocenters. The van der Waals surface area contributed by atoms with E-state index in [0.717, 1.165) is 19.4 Å². The molecular weight excluding hydrogens is 322 g/mol. The van der Waals surface area contributed by atoms with E-state index in [1.807, 2.05) is 11.3 Å². The minimum absolute atomic E-state index is 0.0256. The van der Waals surface area contributed by atoms with Crippen LogP contribution in [0.3, 0.4) is 0 Å². The number of hydrogen-bond donors (Lipinski definition) is 2. The Bertz CT molecular complexity index is 570. The van der Waals surface area contributed by atoms with E-state index in [9.17, 15) is 4.79 Å². The van der Waals surface area contributed by atoms with Crippen molar-refractivity contribution < 1.29 is 4.79 Å². The third-order valence-electron chi connectivity index (χ3n) is 3.81. The first-order valence-corrected chi connectivity index (χ1v) is 9.22. The Labute approximate surface area is 148 Å². The van der Waals surface area contributed by atoms with Crippen LogP contribution in [0.15, 0.2) is 17.6 Å². The molecule has 1 aromatic rings. The van der Waals surface area contributed by atoms with Crippen molar-refractivity contribution in [3.63, 3.8) is 0 Å². The summed E-state index contributed by atoms with van der Waals surface area (Å²) < 4.78 is 0. The molecule has 0 bridgehead atoms. The van der Waals surface area contributed by atoms with Gasteiger partial charge >= 0.3 is 0 Å². The lowest BCUT2D eigenvalue weighted by molar-refractivity contribution is -0.127. The summed E-state index contributed by atoms with van der Waals surface area (Å²) in [5, 5.41) is 7.58. The Hall–Kier alpha value is -1.89. The second-order valence-corrected chi connectivity index (χ2v) is 7.15. The zero-order chi connectivity index (χ0) is 17.4. The van der Waals surface area contributed by atoms with E-state index in [-0.39, 0.29) is 12.5 Å². The first-order chi connectivity index (χ1) is 11.6. The van der Waals surface area contributed by atoms with Crippen LogP contribution >= 0.6 is 11.3 Å². The number of guanidine groups is 1. The number of likely N-dealkylation sites (N-methyl/N-ethyl adjacent to an activating group) is 1. The molecule has 132 valence electrons. The van der Waals surface area contributed by atoms with Crippen molar-refractivity contribution in [1.82, 2.24) is 20.5 Å². The minimum atomic E-state index is -0.0256. The maximum atomic E-state index is 11.7. The molecule has 0 fully saturated rings. The Balaban J connectivity index is 1.85. The van der Waals surface area contributed by atoms with Crippen molar-refractivity contribution in [2.45, 2.75) is 32.1 Å². The predicted molar refractivity (Wildman–Crippen MR) is 99.7 cm³/mol. The molecule has 0 aliphatic heterocycles. The van der Waals surface area contributed by atoms with Gasteiger partial charge in [0.15, 0.2) is 5.96 Å². The Morgan fingerprint density at radius 1 is 1.38 bits per heavy atom. The van der Waals surface area contributed by atoms with E-state index in [4.69, 9.17) is 4.98 Å². The quantitative estimate of drug-likeness (QED) is 0.443. The smallest absolute Gasteiger partial charge is 0.243 e. The van der Waals surface area contributed by atoms with Crippen molar-refractivity contribution in [3.05, 3.63) is 28.2 Å². The molecule has 1 aliphatic carbocycles. The second kappa shape index (κ2) is 9.42. The van der Waals surface area contributed by atoms with Crippen LogP contribution < -0.4 is 10.6 Å². The number of fused-ring (bicyclic) bond motifs is 1. The van der Waals surface area contributed by atoms with E-state index in [1.54, 1.807) is 20.2 Å². The molecule has 1 aromatic heterocycles. The molecule has 0 radical (unpaired) electrons. The van der Waals surface area contributed by atoms with Gasteiger partial charge in [0.25, 0.3) is 0 Å². The summed E-state index contributed by atoms with van der Waals surface area (Å²) in [5.41, 5.74) is 1.30. The average molecular weight is 350 g/mol. The summed E-state index contributed by atoms with van der Waals surface area (Å²) in [6.45, 7) is 5.17. The van der Waals surface area contributed by atoms with Crippen LogP contribution in [-0.2, 0) is 24.1 Å². The van der Waals surface area contributed by atoms with Crippen LogP contribution in [0.5, 0.6) is 0 Å². The number of nitrogens with one attached hydrogen (secondary N) is 2. The first-order valence-electron chi connectivity index (χ1n) is 8.41. The lowest BCUT2D eigenvalue weighted by Gasteiger charge is -2.12. The number of carbonyl (C=O) groups is 1. The number of aliphatic imine (C=N–C) groups is 1. The molecule has 0 unspecified atom stereocenters. The number of thiazole rings is 1. The molecule has 2 N–H and O–H groups in total. The molecule has 0 spiro atoms. The van der Waals surface area contributed by atoms with E-state index >= 15 is 0 Å². The van der Waals surface area contributed by atoms with Crippen LogP contribution in [0.4, 0.5) is 0 Å². The molecule has 6 nitrogen and oxygen atoms in total. The van der Waals surface area contributed by atoms with Gasteiger partial charge in [-0.05, 0) is 25.7 Å². The minimum Gasteiger partial charge on any atom is -0.356 e. The first kappa shape index (κ1) is 18.4. The second-order valence-electron chi connectivity index (χ2n) is 5.98. The highest BCUT2D eigenvalue weighted by Crippen LogP contribution is 2.26. The third-order valence-corrected chi connectivity index (χ3v) is 5.02. The van der Waals surface area contributed by atoms with Crippen LogP contribution in [0, 0.1) is 0 Å². The van der Waals surface area contributed by atoms with Crippen molar-refractivity contribution in [2.24, 2.45) is 4.99 Å². The fourth-order valence-corrected chi connectivity index (χ4v) is 3.59. The Kier molecular flexibility index (Phi) is 7.24. The van der Waals surface area contributed by atoms with Gasteiger partial charge in [-0.3, -0.25) is 4.79 Å². The maximum absolute atomic E-state index is 11.7. The Morgan fingerprint density at radius 3 is 2.88 bits per heavy atom. The van der Waals surface area contributed by atoms with Gasteiger partial charge in [0.05, 0.1) is 10.7 Å². The van der Waals surface area contributed by atoms with Crippen LogP contribution in [-0.4, -0.2) is 55.5 Å². The topological polar surface area (TPSA) is 69.6 Å². The van der Waals surface area contributed by atoms with E-state index in [0.29, 0.717) is 12.5 Å². The number of aromatic nitrogens is 1. The molecule has 1 heterocycles. The molecule has 24 heavy (non-hydrogen) atoms. The number of rotatable bonds is 7. The number of carbonyl (C=O) groups excluding carboxylic acids is 1. The summed E-state index contributed by atoms with van der Waals surface area (Å²) in [5.74, 6) is 0.605. The Morgan fingerprint density at radius 2 is 2.17 bits per heavy atom.